The van der Waals surface area contributed by atoms with Crippen LogP contribution in [0.4, 0.5) is 5.82 Å². The quantitative estimate of drug-likeness (QED) is 0.496. The molecule has 3 aromatic carbocycles. The molecule has 0 saturated carbocycles. The van der Waals surface area contributed by atoms with Crippen molar-refractivity contribution in [3.63, 3.8) is 0 Å². The molecule has 0 saturated heterocycles. The maximum atomic E-state index is 12.8. The van der Waals surface area contributed by atoms with E-state index in [2.05, 4.69) is 47.7 Å². The average molecular weight is 385 g/mol. The average Bonchev–Trinajstić information content (AvgIpc) is 3.21. The van der Waals surface area contributed by atoms with E-state index in [0.717, 1.165) is 40.3 Å². The minimum Gasteiger partial charge on any atom is -0.306 e. The van der Waals surface area contributed by atoms with Crippen LogP contribution in [0.5, 0.6) is 0 Å². The van der Waals surface area contributed by atoms with Crippen LogP contribution in [0, 0.1) is 0 Å². The highest BCUT2D eigenvalue weighted by Gasteiger charge is 2.18. The number of nitrogens with zero attached hydrogens (tertiary/aromatic N) is 2. The minimum absolute atomic E-state index is 0.150. The summed E-state index contributed by atoms with van der Waals surface area (Å²) in [7, 11) is 0. The number of rotatable bonds is 6. The van der Waals surface area contributed by atoms with Crippen LogP contribution >= 0.6 is 0 Å². The zero-order valence-electron chi connectivity index (χ0n) is 16.6. The number of amides is 1. The van der Waals surface area contributed by atoms with E-state index in [4.69, 9.17) is 4.63 Å². The van der Waals surface area contributed by atoms with Gasteiger partial charge in [-0.3, -0.25) is 4.79 Å². The lowest BCUT2D eigenvalue weighted by Crippen LogP contribution is -2.15. The van der Waals surface area contributed by atoms with Crippen molar-refractivity contribution < 1.29 is 9.42 Å². The third-order valence-electron chi connectivity index (χ3n) is 5.20. The number of carbonyl (C=O) groups is 1. The molecular weight excluding hydrogens is 362 g/mol. The van der Waals surface area contributed by atoms with Crippen LogP contribution in [0.1, 0.15) is 30.5 Å². The van der Waals surface area contributed by atoms with E-state index < -0.39 is 0 Å². The van der Waals surface area contributed by atoms with Crippen molar-refractivity contribution in [3.8, 4) is 11.3 Å². The van der Waals surface area contributed by atoms with Crippen LogP contribution in [-0.4, -0.2) is 16.2 Å². The lowest BCUT2D eigenvalue weighted by atomic mass is 9.98. The number of carbonyl (C=O) groups excluding carboxylic acids is 1. The van der Waals surface area contributed by atoms with Crippen molar-refractivity contribution in [3.05, 3.63) is 77.4 Å². The normalized spacial score (nSPS) is 11.0. The van der Waals surface area contributed by atoms with E-state index in [1.165, 1.54) is 5.56 Å². The Kier molecular flexibility index (Phi) is 5.38. The van der Waals surface area contributed by atoms with Crippen molar-refractivity contribution in [2.45, 2.75) is 33.1 Å². The molecule has 1 heterocycles. The van der Waals surface area contributed by atoms with Crippen molar-refractivity contribution in [2.75, 3.05) is 5.32 Å². The van der Waals surface area contributed by atoms with E-state index in [9.17, 15) is 4.79 Å². The zero-order valence-corrected chi connectivity index (χ0v) is 16.6. The van der Waals surface area contributed by atoms with Gasteiger partial charge in [0.1, 0.15) is 0 Å². The van der Waals surface area contributed by atoms with Gasteiger partial charge in [-0.25, -0.2) is 4.63 Å². The number of fused-ring (bicyclic) bond motifs is 1. The number of aryl methyl sites for hydroxylation is 2. The van der Waals surface area contributed by atoms with Crippen LogP contribution in [0.3, 0.4) is 0 Å². The Morgan fingerprint density at radius 2 is 1.76 bits per heavy atom. The Balaban J connectivity index is 1.60. The van der Waals surface area contributed by atoms with E-state index in [0.29, 0.717) is 11.5 Å². The van der Waals surface area contributed by atoms with E-state index >= 15 is 0 Å². The molecule has 5 heteroatoms. The standard InChI is InChI=1S/C24H23N3O2/c1-3-16-12-13-17(4-2)21(14-16)23-24(27-29-26-23)25-22(28)15-19-10-7-9-18-8-5-6-11-20(18)19/h5-14H,3-4,15H2,1-2H3,(H,25,27,28). The lowest BCUT2D eigenvalue weighted by Gasteiger charge is -2.10. The van der Waals surface area contributed by atoms with Crippen LogP contribution in [-0.2, 0) is 24.1 Å². The third-order valence-corrected chi connectivity index (χ3v) is 5.20. The smallest absolute Gasteiger partial charge is 0.230 e. The highest BCUT2D eigenvalue weighted by molar-refractivity contribution is 5.97. The highest BCUT2D eigenvalue weighted by Crippen LogP contribution is 2.30. The van der Waals surface area contributed by atoms with Crippen molar-refractivity contribution >= 4 is 22.5 Å². The van der Waals surface area contributed by atoms with Gasteiger partial charge < -0.3 is 5.32 Å². The Labute approximate surface area is 169 Å². The molecule has 0 unspecified atom stereocenters. The molecule has 29 heavy (non-hydrogen) atoms. The summed E-state index contributed by atoms with van der Waals surface area (Å²) in [6.07, 6.45) is 2.03. The molecule has 146 valence electrons. The van der Waals surface area contributed by atoms with Gasteiger partial charge in [-0.15, -0.1) is 0 Å². The molecule has 5 nitrogen and oxygen atoms in total. The van der Waals surface area contributed by atoms with E-state index in [1.54, 1.807) is 0 Å². The molecule has 0 radical (unpaired) electrons. The molecule has 0 aliphatic carbocycles. The third kappa shape index (κ3) is 3.90. The predicted octanol–water partition coefficient (Wildman–Crippen LogP) is 5.20. The summed E-state index contributed by atoms with van der Waals surface area (Å²) in [5, 5.41) is 13.1. The molecule has 1 N–H and O–H groups in total. The van der Waals surface area contributed by atoms with Crippen LogP contribution < -0.4 is 5.32 Å². The van der Waals surface area contributed by atoms with Crippen LogP contribution in [0.2, 0.25) is 0 Å². The largest absolute Gasteiger partial charge is 0.306 e. The Morgan fingerprint density at radius 3 is 2.59 bits per heavy atom. The lowest BCUT2D eigenvalue weighted by molar-refractivity contribution is -0.115. The number of benzene rings is 3. The van der Waals surface area contributed by atoms with Gasteiger partial charge in [0, 0.05) is 5.56 Å². The number of hydrogen-bond donors (Lipinski definition) is 1. The number of anilines is 1. The van der Waals surface area contributed by atoms with Gasteiger partial charge in [-0.05, 0) is 56.7 Å². The van der Waals surface area contributed by atoms with E-state index in [1.807, 2.05) is 42.5 Å². The van der Waals surface area contributed by atoms with Gasteiger partial charge in [-0.2, -0.15) is 0 Å². The summed E-state index contributed by atoms with van der Waals surface area (Å²) < 4.78 is 4.98. The second kappa shape index (κ2) is 8.27. The minimum atomic E-state index is -0.150. The first-order valence-electron chi connectivity index (χ1n) is 9.90. The summed E-state index contributed by atoms with van der Waals surface area (Å²) in [6, 6.07) is 20.4. The fourth-order valence-corrected chi connectivity index (χ4v) is 3.62. The molecular formula is C24H23N3O2. The zero-order chi connectivity index (χ0) is 20.2. The van der Waals surface area contributed by atoms with Gasteiger partial charge >= 0.3 is 0 Å². The summed E-state index contributed by atoms with van der Waals surface area (Å²) in [4.78, 5) is 12.8. The van der Waals surface area contributed by atoms with Crippen LogP contribution in [0.25, 0.3) is 22.0 Å². The molecule has 0 fully saturated rings. The van der Waals surface area contributed by atoms with Crippen molar-refractivity contribution in [2.24, 2.45) is 0 Å². The topological polar surface area (TPSA) is 68.0 Å². The molecule has 0 aliphatic rings. The van der Waals surface area contributed by atoms with Crippen molar-refractivity contribution in [1.82, 2.24) is 10.3 Å². The van der Waals surface area contributed by atoms with Gasteiger partial charge in [0.2, 0.25) is 11.7 Å². The summed E-state index contributed by atoms with van der Waals surface area (Å²) in [6.45, 7) is 4.20. The SMILES string of the molecule is CCc1ccc(CC)c(-c2nonc2NC(=O)Cc2cccc3ccccc23)c1. The Hall–Kier alpha value is -3.47. The van der Waals surface area contributed by atoms with E-state index in [-0.39, 0.29) is 12.3 Å². The van der Waals surface area contributed by atoms with Crippen molar-refractivity contribution in [1.29, 1.82) is 0 Å². The highest BCUT2D eigenvalue weighted by atomic mass is 16.6. The van der Waals surface area contributed by atoms with Crippen LogP contribution in [0.15, 0.2) is 65.3 Å². The maximum Gasteiger partial charge on any atom is 0.230 e. The molecule has 0 atom stereocenters. The fraction of sp³-hybridized carbons (Fsp3) is 0.208. The Bertz CT molecular complexity index is 1160. The number of hydrogen-bond acceptors (Lipinski definition) is 4. The summed E-state index contributed by atoms with van der Waals surface area (Å²) in [5.74, 6) is 0.209. The van der Waals surface area contributed by atoms with Gasteiger partial charge in [0.25, 0.3) is 0 Å². The maximum absolute atomic E-state index is 12.8. The number of nitrogens with one attached hydrogen (secondary N) is 1. The molecule has 0 bridgehead atoms. The first-order valence-corrected chi connectivity index (χ1v) is 9.90. The second-order valence-electron chi connectivity index (χ2n) is 7.02. The van der Waals surface area contributed by atoms with Gasteiger partial charge in [-0.1, -0.05) is 68.4 Å². The summed E-state index contributed by atoms with van der Waals surface area (Å²) >= 11 is 0. The number of aromatic nitrogens is 2. The summed E-state index contributed by atoms with van der Waals surface area (Å²) in [5.41, 5.74) is 4.84. The predicted molar refractivity (Wildman–Crippen MR) is 115 cm³/mol. The first kappa shape index (κ1) is 18.9. The molecule has 4 aromatic rings. The first-order chi connectivity index (χ1) is 14.2. The fourth-order valence-electron chi connectivity index (χ4n) is 3.62. The molecule has 4 rings (SSSR count). The molecule has 0 aliphatic heterocycles. The van der Waals surface area contributed by atoms with Gasteiger partial charge in [0.15, 0.2) is 5.69 Å². The second-order valence-corrected chi connectivity index (χ2v) is 7.02. The molecule has 0 spiro atoms. The molecule has 1 aromatic heterocycles. The Morgan fingerprint density at radius 1 is 0.931 bits per heavy atom. The monoisotopic (exact) mass is 385 g/mol. The molecule has 1 amide bonds. The van der Waals surface area contributed by atoms with Gasteiger partial charge in [0.05, 0.1) is 6.42 Å².